The fraction of sp³-hybridized carbons (Fsp3) is 0.846. The Morgan fingerprint density at radius 2 is 1.65 bits per heavy atom. The molecule has 1 aliphatic rings. The molecule has 0 N–H and O–H groups in total. The third-order valence-electron chi connectivity index (χ3n) is 3.32. The Morgan fingerprint density at radius 1 is 1.12 bits per heavy atom. The summed E-state index contributed by atoms with van der Waals surface area (Å²) >= 11 is 0. The van der Waals surface area contributed by atoms with Gasteiger partial charge in [0.1, 0.15) is 6.10 Å². The van der Waals surface area contributed by atoms with E-state index in [1.54, 1.807) is 4.90 Å². The van der Waals surface area contributed by atoms with Crippen molar-refractivity contribution in [2.45, 2.75) is 53.1 Å². The molecule has 98 valence electrons. The molecule has 1 rings (SSSR count). The number of piperidine rings is 1. The van der Waals surface area contributed by atoms with Crippen LogP contribution in [0, 0.1) is 5.41 Å². The molecule has 0 unspecified atom stereocenters. The molecular formula is C13H23NO3. The molecule has 0 radical (unpaired) electrons. The summed E-state index contributed by atoms with van der Waals surface area (Å²) in [6.45, 7) is 9.12. The highest BCUT2D eigenvalue weighted by Crippen LogP contribution is 2.22. The summed E-state index contributed by atoms with van der Waals surface area (Å²) < 4.78 is 5.20. The minimum Gasteiger partial charge on any atom is -0.455 e. The first kappa shape index (κ1) is 14.0. The molecule has 1 atom stereocenters. The predicted molar refractivity (Wildman–Crippen MR) is 65.4 cm³/mol. The molecule has 0 aromatic heterocycles. The van der Waals surface area contributed by atoms with Crippen LogP contribution < -0.4 is 0 Å². The third kappa shape index (κ3) is 4.02. The topological polar surface area (TPSA) is 46.6 Å². The van der Waals surface area contributed by atoms with Crippen molar-refractivity contribution >= 4 is 11.9 Å². The van der Waals surface area contributed by atoms with Crippen molar-refractivity contribution in [3.8, 4) is 0 Å². The molecular weight excluding hydrogens is 218 g/mol. The van der Waals surface area contributed by atoms with E-state index < -0.39 is 11.9 Å². The Morgan fingerprint density at radius 3 is 2.12 bits per heavy atom. The fourth-order valence-electron chi connectivity index (χ4n) is 1.61. The largest absolute Gasteiger partial charge is 0.455 e. The Balaban J connectivity index is 2.49. The summed E-state index contributed by atoms with van der Waals surface area (Å²) in [5.74, 6) is -1.20. The van der Waals surface area contributed by atoms with Crippen molar-refractivity contribution in [1.82, 2.24) is 4.90 Å². The average molecular weight is 241 g/mol. The van der Waals surface area contributed by atoms with Gasteiger partial charge in [0.25, 0.3) is 0 Å². The van der Waals surface area contributed by atoms with Gasteiger partial charge in [-0.25, -0.2) is 4.79 Å². The van der Waals surface area contributed by atoms with E-state index >= 15 is 0 Å². The van der Waals surface area contributed by atoms with E-state index in [4.69, 9.17) is 4.74 Å². The lowest BCUT2D eigenvalue weighted by Crippen LogP contribution is -2.43. The van der Waals surface area contributed by atoms with E-state index in [0.717, 1.165) is 19.3 Å². The lowest BCUT2D eigenvalue weighted by Gasteiger charge is -2.29. The molecule has 1 aliphatic heterocycles. The molecule has 1 heterocycles. The molecule has 4 nitrogen and oxygen atoms in total. The maximum Gasteiger partial charge on any atom is 0.397 e. The number of hydrogen-bond acceptors (Lipinski definition) is 3. The van der Waals surface area contributed by atoms with Crippen LogP contribution in [0.15, 0.2) is 0 Å². The summed E-state index contributed by atoms with van der Waals surface area (Å²) in [7, 11) is 0. The molecule has 4 heteroatoms. The van der Waals surface area contributed by atoms with Gasteiger partial charge in [-0.3, -0.25) is 4.79 Å². The molecule has 17 heavy (non-hydrogen) atoms. The zero-order valence-corrected chi connectivity index (χ0v) is 11.3. The number of carbonyl (C=O) groups excluding carboxylic acids is 2. The smallest absolute Gasteiger partial charge is 0.397 e. The second kappa shape index (κ2) is 5.52. The van der Waals surface area contributed by atoms with Crippen LogP contribution >= 0.6 is 0 Å². The molecule has 1 fully saturated rings. The number of carbonyl (C=O) groups is 2. The van der Waals surface area contributed by atoms with Crippen molar-refractivity contribution in [3.05, 3.63) is 0 Å². The molecule has 1 saturated heterocycles. The quantitative estimate of drug-likeness (QED) is 0.521. The lowest BCUT2D eigenvalue weighted by atomic mass is 9.90. The first-order valence-corrected chi connectivity index (χ1v) is 6.32. The van der Waals surface area contributed by atoms with Crippen molar-refractivity contribution < 1.29 is 14.3 Å². The van der Waals surface area contributed by atoms with Crippen molar-refractivity contribution in [3.63, 3.8) is 0 Å². The number of likely N-dealkylation sites (tertiary alicyclic amines) is 1. The van der Waals surface area contributed by atoms with Gasteiger partial charge in [-0.15, -0.1) is 0 Å². The van der Waals surface area contributed by atoms with Gasteiger partial charge in [0.2, 0.25) is 0 Å². The number of hydrogen-bond donors (Lipinski definition) is 0. The van der Waals surface area contributed by atoms with Gasteiger partial charge in [0, 0.05) is 13.1 Å². The monoisotopic (exact) mass is 241 g/mol. The minimum atomic E-state index is -0.714. The van der Waals surface area contributed by atoms with Crippen LogP contribution in [0.5, 0.6) is 0 Å². The van der Waals surface area contributed by atoms with Gasteiger partial charge in [-0.2, -0.15) is 0 Å². The van der Waals surface area contributed by atoms with E-state index in [0.29, 0.717) is 13.1 Å². The number of amides is 1. The summed E-state index contributed by atoms with van der Waals surface area (Å²) in [6, 6.07) is 0. The van der Waals surface area contributed by atoms with Gasteiger partial charge in [0.15, 0.2) is 0 Å². The van der Waals surface area contributed by atoms with E-state index in [9.17, 15) is 9.59 Å². The first-order chi connectivity index (χ1) is 7.82. The second-order valence-electron chi connectivity index (χ2n) is 5.77. The number of esters is 1. The van der Waals surface area contributed by atoms with Crippen LogP contribution in [0.2, 0.25) is 0 Å². The van der Waals surface area contributed by atoms with Crippen molar-refractivity contribution in [1.29, 1.82) is 0 Å². The van der Waals surface area contributed by atoms with Gasteiger partial charge in [-0.1, -0.05) is 20.8 Å². The maximum atomic E-state index is 11.8. The van der Waals surface area contributed by atoms with E-state index in [2.05, 4.69) is 0 Å². The Labute approximate surface area is 103 Å². The van der Waals surface area contributed by atoms with Crippen LogP contribution in [-0.2, 0) is 14.3 Å². The molecule has 0 saturated carbocycles. The van der Waals surface area contributed by atoms with Crippen LogP contribution in [0.1, 0.15) is 47.0 Å². The van der Waals surface area contributed by atoms with Crippen LogP contribution in [-0.4, -0.2) is 36.0 Å². The SMILES string of the molecule is C[C@@H](OC(=O)C(=O)N1CCCCC1)C(C)(C)C. The van der Waals surface area contributed by atoms with E-state index in [-0.39, 0.29) is 11.5 Å². The maximum absolute atomic E-state index is 11.8. The third-order valence-corrected chi connectivity index (χ3v) is 3.32. The zero-order chi connectivity index (χ0) is 13.1. The average Bonchev–Trinajstić information content (AvgIpc) is 2.27. The summed E-state index contributed by atoms with van der Waals surface area (Å²) in [5.41, 5.74) is -0.141. The molecule has 0 bridgehead atoms. The molecule has 0 spiro atoms. The Bertz CT molecular complexity index is 288. The first-order valence-electron chi connectivity index (χ1n) is 6.32. The van der Waals surface area contributed by atoms with Crippen LogP contribution in [0.4, 0.5) is 0 Å². The molecule has 1 amide bonds. The van der Waals surface area contributed by atoms with Gasteiger partial charge in [-0.05, 0) is 31.6 Å². The van der Waals surface area contributed by atoms with Crippen molar-refractivity contribution in [2.75, 3.05) is 13.1 Å². The summed E-state index contributed by atoms with van der Waals surface area (Å²) in [6.07, 6.45) is 2.84. The summed E-state index contributed by atoms with van der Waals surface area (Å²) in [5, 5.41) is 0. The second-order valence-corrected chi connectivity index (χ2v) is 5.77. The molecule has 0 aromatic carbocycles. The van der Waals surface area contributed by atoms with Crippen LogP contribution in [0.3, 0.4) is 0 Å². The highest BCUT2D eigenvalue weighted by molar-refractivity contribution is 6.32. The number of rotatable bonds is 1. The number of nitrogens with zero attached hydrogens (tertiary/aromatic N) is 1. The lowest BCUT2D eigenvalue weighted by molar-refractivity contribution is -0.167. The van der Waals surface area contributed by atoms with Crippen molar-refractivity contribution in [2.24, 2.45) is 5.41 Å². The molecule has 0 aliphatic carbocycles. The molecule has 0 aromatic rings. The highest BCUT2D eigenvalue weighted by Gasteiger charge is 2.30. The Hall–Kier alpha value is -1.06. The van der Waals surface area contributed by atoms with E-state index in [1.165, 1.54) is 0 Å². The van der Waals surface area contributed by atoms with Gasteiger partial charge in [0.05, 0.1) is 0 Å². The zero-order valence-electron chi connectivity index (χ0n) is 11.3. The highest BCUT2D eigenvalue weighted by atomic mass is 16.5. The fourth-order valence-corrected chi connectivity index (χ4v) is 1.61. The normalized spacial score (nSPS) is 18.7. The number of ether oxygens (including phenoxy) is 1. The van der Waals surface area contributed by atoms with Crippen LogP contribution in [0.25, 0.3) is 0 Å². The van der Waals surface area contributed by atoms with E-state index in [1.807, 2.05) is 27.7 Å². The predicted octanol–water partition coefficient (Wildman–Crippen LogP) is 1.98. The minimum absolute atomic E-state index is 0.141. The van der Waals surface area contributed by atoms with Gasteiger partial charge >= 0.3 is 11.9 Å². The Kier molecular flexibility index (Phi) is 4.54. The standard InChI is InChI=1S/C13H23NO3/c1-10(13(2,3)4)17-12(16)11(15)14-8-6-5-7-9-14/h10H,5-9H2,1-4H3/t10-/m1/s1. The van der Waals surface area contributed by atoms with Gasteiger partial charge < -0.3 is 9.64 Å². The summed E-state index contributed by atoms with van der Waals surface area (Å²) in [4.78, 5) is 25.1.